The first-order chi connectivity index (χ1) is 14.0. The first-order valence-corrected chi connectivity index (χ1v) is 9.69. The molecule has 1 N–H and O–H groups in total. The van der Waals surface area contributed by atoms with Crippen LogP contribution in [0.5, 0.6) is 11.5 Å². The van der Waals surface area contributed by atoms with E-state index in [4.69, 9.17) is 9.47 Å². The Kier molecular flexibility index (Phi) is 8.45. The topological polar surface area (TPSA) is 80.8 Å². The lowest BCUT2D eigenvalue weighted by atomic mass is 10.1. The molecule has 0 radical (unpaired) electrons. The predicted molar refractivity (Wildman–Crippen MR) is 112 cm³/mol. The zero-order chi connectivity index (χ0) is 21.2. The third-order valence-corrected chi connectivity index (χ3v) is 4.59. The van der Waals surface area contributed by atoms with E-state index in [0.717, 1.165) is 18.4 Å². The summed E-state index contributed by atoms with van der Waals surface area (Å²) in [5, 5.41) is 2.87. The molecule has 7 nitrogen and oxygen atoms in total. The summed E-state index contributed by atoms with van der Waals surface area (Å²) in [6, 6.07) is 7.24. The molecule has 0 aliphatic heterocycles. The molecule has 0 bridgehead atoms. The predicted octanol–water partition coefficient (Wildman–Crippen LogP) is 2.94. The minimum absolute atomic E-state index is 0.133. The Morgan fingerprint density at radius 1 is 1.07 bits per heavy atom. The zero-order valence-corrected chi connectivity index (χ0v) is 17.5. The van der Waals surface area contributed by atoms with Gasteiger partial charge < -0.3 is 19.7 Å². The van der Waals surface area contributed by atoms with Crippen molar-refractivity contribution in [3.63, 3.8) is 0 Å². The number of nitrogens with one attached hydrogen (secondary N) is 1. The lowest BCUT2D eigenvalue weighted by Gasteiger charge is -2.16. The van der Waals surface area contributed by atoms with Crippen LogP contribution in [-0.4, -0.2) is 56.1 Å². The number of carbonyl (C=O) groups excluding carboxylic acids is 2. The van der Waals surface area contributed by atoms with Crippen molar-refractivity contribution in [3.05, 3.63) is 53.3 Å². The van der Waals surface area contributed by atoms with E-state index in [0.29, 0.717) is 42.1 Å². The number of carbonyl (C=O) groups is 2. The third kappa shape index (κ3) is 6.20. The zero-order valence-electron chi connectivity index (χ0n) is 17.5. The number of rotatable bonds is 10. The van der Waals surface area contributed by atoms with E-state index in [2.05, 4.69) is 17.2 Å². The quantitative estimate of drug-likeness (QED) is 0.664. The largest absolute Gasteiger partial charge is 0.493 e. The highest BCUT2D eigenvalue weighted by atomic mass is 16.5. The molecule has 0 unspecified atom stereocenters. The van der Waals surface area contributed by atoms with Crippen molar-refractivity contribution in [2.75, 3.05) is 34.4 Å². The molecule has 2 aromatic rings. The van der Waals surface area contributed by atoms with Crippen LogP contribution in [0.15, 0.2) is 36.7 Å². The second-order valence-corrected chi connectivity index (χ2v) is 6.74. The van der Waals surface area contributed by atoms with Crippen LogP contribution in [-0.2, 0) is 6.42 Å². The first-order valence-electron chi connectivity index (χ1n) is 9.69. The van der Waals surface area contributed by atoms with Crippen LogP contribution in [0, 0.1) is 0 Å². The highest BCUT2D eigenvalue weighted by Gasteiger charge is 2.14. The Bertz CT molecular complexity index is 839. The molecule has 156 valence electrons. The molecule has 1 aromatic heterocycles. The highest BCUT2D eigenvalue weighted by molar-refractivity contribution is 5.99. The van der Waals surface area contributed by atoms with Crippen LogP contribution in [0.2, 0.25) is 0 Å². The number of methoxy groups -OCH3 is 2. The molecule has 7 heteroatoms. The Morgan fingerprint density at radius 3 is 2.48 bits per heavy atom. The average Bonchev–Trinajstić information content (AvgIpc) is 2.76. The fourth-order valence-electron chi connectivity index (χ4n) is 2.86. The lowest BCUT2D eigenvalue weighted by Crippen LogP contribution is -2.29. The van der Waals surface area contributed by atoms with Crippen LogP contribution in [0.4, 0.5) is 0 Å². The summed E-state index contributed by atoms with van der Waals surface area (Å²) < 4.78 is 10.5. The Balaban J connectivity index is 1.95. The SMILES string of the molecule is CCCCN(C)C(=O)c1cncc(C(=O)NCCc2ccc(OC)c(OC)c2)c1. The van der Waals surface area contributed by atoms with Crippen LogP contribution in [0.1, 0.15) is 46.0 Å². The summed E-state index contributed by atoms with van der Waals surface area (Å²) in [5.74, 6) is 0.922. The number of amides is 2. The van der Waals surface area contributed by atoms with Crippen LogP contribution in [0.3, 0.4) is 0 Å². The van der Waals surface area contributed by atoms with Gasteiger partial charge in [-0.2, -0.15) is 0 Å². The van der Waals surface area contributed by atoms with E-state index < -0.39 is 0 Å². The fraction of sp³-hybridized carbons (Fsp3) is 0.409. The van der Waals surface area contributed by atoms with Gasteiger partial charge >= 0.3 is 0 Å². The van der Waals surface area contributed by atoms with Crippen molar-refractivity contribution in [1.29, 1.82) is 0 Å². The Labute approximate surface area is 172 Å². The molecule has 0 saturated carbocycles. The Morgan fingerprint density at radius 2 is 1.79 bits per heavy atom. The van der Waals surface area contributed by atoms with E-state index in [-0.39, 0.29) is 11.8 Å². The molecule has 0 spiro atoms. The minimum atomic E-state index is -0.260. The van der Waals surface area contributed by atoms with Gasteiger partial charge in [0.05, 0.1) is 25.3 Å². The van der Waals surface area contributed by atoms with Gasteiger partial charge in [-0.1, -0.05) is 19.4 Å². The summed E-state index contributed by atoms with van der Waals surface area (Å²) in [6.07, 6.45) is 5.54. The molecule has 2 amide bonds. The van der Waals surface area contributed by atoms with Gasteiger partial charge in [-0.3, -0.25) is 14.6 Å². The summed E-state index contributed by atoms with van der Waals surface area (Å²) in [6.45, 7) is 3.20. The molecular weight excluding hydrogens is 370 g/mol. The van der Waals surface area contributed by atoms with E-state index in [9.17, 15) is 9.59 Å². The van der Waals surface area contributed by atoms with Gasteiger partial charge in [0.15, 0.2) is 11.5 Å². The van der Waals surface area contributed by atoms with Gasteiger partial charge in [0.25, 0.3) is 11.8 Å². The van der Waals surface area contributed by atoms with Crippen molar-refractivity contribution in [2.24, 2.45) is 0 Å². The lowest BCUT2D eigenvalue weighted by molar-refractivity contribution is 0.0793. The van der Waals surface area contributed by atoms with Gasteiger partial charge in [-0.25, -0.2) is 0 Å². The number of unbranched alkanes of at least 4 members (excludes halogenated alkanes) is 1. The van der Waals surface area contributed by atoms with Crippen molar-refractivity contribution >= 4 is 11.8 Å². The monoisotopic (exact) mass is 399 g/mol. The van der Waals surface area contributed by atoms with Crippen LogP contribution < -0.4 is 14.8 Å². The summed E-state index contributed by atoms with van der Waals surface area (Å²) in [7, 11) is 4.93. The van der Waals surface area contributed by atoms with Gasteiger partial charge in [0, 0.05) is 32.5 Å². The normalized spacial score (nSPS) is 10.3. The summed E-state index contributed by atoms with van der Waals surface area (Å²) in [5.41, 5.74) is 1.80. The molecule has 2 rings (SSSR count). The maximum absolute atomic E-state index is 12.5. The second kappa shape index (κ2) is 11.0. The van der Waals surface area contributed by atoms with E-state index >= 15 is 0 Å². The number of aromatic nitrogens is 1. The second-order valence-electron chi connectivity index (χ2n) is 6.74. The van der Waals surface area contributed by atoms with Gasteiger partial charge in [0.2, 0.25) is 0 Å². The van der Waals surface area contributed by atoms with Crippen molar-refractivity contribution < 1.29 is 19.1 Å². The number of benzene rings is 1. The number of hydrogen-bond donors (Lipinski definition) is 1. The minimum Gasteiger partial charge on any atom is -0.493 e. The highest BCUT2D eigenvalue weighted by Crippen LogP contribution is 2.27. The molecule has 0 fully saturated rings. The van der Waals surface area contributed by atoms with Crippen molar-refractivity contribution in [3.8, 4) is 11.5 Å². The van der Waals surface area contributed by atoms with Crippen molar-refractivity contribution in [2.45, 2.75) is 26.2 Å². The van der Waals surface area contributed by atoms with E-state index in [1.807, 2.05) is 18.2 Å². The maximum atomic E-state index is 12.5. The molecule has 0 atom stereocenters. The fourth-order valence-corrected chi connectivity index (χ4v) is 2.86. The molecule has 29 heavy (non-hydrogen) atoms. The maximum Gasteiger partial charge on any atom is 0.255 e. The van der Waals surface area contributed by atoms with Crippen molar-refractivity contribution in [1.82, 2.24) is 15.2 Å². The summed E-state index contributed by atoms with van der Waals surface area (Å²) >= 11 is 0. The Hall–Kier alpha value is -3.09. The van der Waals surface area contributed by atoms with Gasteiger partial charge in [0.1, 0.15) is 0 Å². The van der Waals surface area contributed by atoms with E-state index in [1.54, 1.807) is 32.2 Å². The van der Waals surface area contributed by atoms with Crippen LogP contribution in [0.25, 0.3) is 0 Å². The first kappa shape index (κ1) is 22.2. The molecule has 1 aromatic carbocycles. The number of pyridine rings is 1. The smallest absolute Gasteiger partial charge is 0.255 e. The van der Waals surface area contributed by atoms with Gasteiger partial charge in [-0.15, -0.1) is 0 Å². The van der Waals surface area contributed by atoms with E-state index in [1.165, 1.54) is 12.4 Å². The summed E-state index contributed by atoms with van der Waals surface area (Å²) in [4.78, 5) is 30.6. The average molecular weight is 399 g/mol. The molecule has 0 aliphatic carbocycles. The number of ether oxygens (including phenoxy) is 2. The van der Waals surface area contributed by atoms with Crippen LogP contribution >= 0.6 is 0 Å². The third-order valence-electron chi connectivity index (χ3n) is 4.59. The molecule has 0 aliphatic rings. The number of hydrogen-bond acceptors (Lipinski definition) is 5. The molecular formula is C22H29N3O4. The number of nitrogens with zero attached hydrogens (tertiary/aromatic N) is 2. The standard InChI is InChI=1S/C22H29N3O4/c1-5-6-11-25(2)22(27)18-13-17(14-23-15-18)21(26)24-10-9-16-7-8-19(28-3)20(12-16)29-4/h7-8,12-15H,5-6,9-11H2,1-4H3,(H,24,26). The van der Waals surface area contributed by atoms with Gasteiger partial charge in [-0.05, 0) is 36.6 Å². The molecule has 0 saturated heterocycles. The molecule has 1 heterocycles.